The van der Waals surface area contributed by atoms with Crippen molar-refractivity contribution in [3.8, 4) is 5.75 Å². The minimum absolute atomic E-state index is 0.125. The van der Waals surface area contributed by atoms with E-state index in [-0.39, 0.29) is 41.2 Å². The number of rotatable bonds is 17. The third kappa shape index (κ3) is 9.10. The zero-order chi connectivity index (χ0) is 26.5. The van der Waals surface area contributed by atoms with Crippen LogP contribution < -0.4 is 4.74 Å². The third-order valence-electron chi connectivity index (χ3n) is 5.51. The van der Waals surface area contributed by atoms with Crippen LogP contribution in [0.15, 0.2) is 42.5 Å². The second-order valence-corrected chi connectivity index (χ2v) is 8.34. The van der Waals surface area contributed by atoms with Crippen molar-refractivity contribution >= 4 is 23.4 Å². The molecule has 0 spiro atoms. The number of benzene rings is 2. The van der Waals surface area contributed by atoms with Crippen LogP contribution in [0.3, 0.4) is 0 Å². The predicted octanol–water partition coefficient (Wildman–Crippen LogP) is 5.62. The van der Waals surface area contributed by atoms with Crippen LogP contribution in [0.25, 0.3) is 0 Å². The van der Waals surface area contributed by atoms with E-state index in [1.807, 2.05) is 0 Å². The summed E-state index contributed by atoms with van der Waals surface area (Å²) in [7, 11) is 0. The number of hydrogen-bond donors (Lipinski definition) is 2. The molecule has 0 fully saturated rings. The van der Waals surface area contributed by atoms with Crippen LogP contribution in [0, 0.1) is 10.1 Å². The lowest BCUT2D eigenvalue weighted by atomic mass is 10.1. The average molecular weight is 502 g/mol. The van der Waals surface area contributed by atoms with Gasteiger partial charge in [-0.25, -0.2) is 9.59 Å². The lowest BCUT2D eigenvalue weighted by molar-refractivity contribution is -0.386. The Morgan fingerprint density at radius 3 is 2.08 bits per heavy atom. The van der Waals surface area contributed by atoms with Gasteiger partial charge < -0.3 is 19.7 Å². The maximum atomic E-state index is 12.9. The maximum absolute atomic E-state index is 12.9. The lowest BCUT2D eigenvalue weighted by Gasteiger charge is -2.19. The van der Waals surface area contributed by atoms with E-state index >= 15 is 0 Å². The van der Waals surface area contributed by atoms with Crippen molar-refractivity contribution in [3.05, 3.63) is 69.3 Å². The Kier molecular flexibility index (Phi) is 11.5. The van der Waals surface area contributed by atoms with Crippen molar-refractivity contribution in [1.82, 2.24) is 0 Å². The minimum atomic E-state index is -1.50. The maximum Gasteiger partial charge on any atom is 0.335 e. The number of nitro benzene ring substituents is 1. The van der Waals surface area contributed by atoms with E-state index in [9.17, 15) is 34.7 Å². The number of carbonyl (C=O) groups is 3. The zero-order valence-corrected chi connectivity index (χ0v) is 20.2. The number of carboxylic acids is 2. The van der Waals surface area contributed by atoms with Gasteiger partial charge in [-0.3, -0.25) is 14.9 Å². The number of para-hydroxylation sites is 1. The van der Waals surface area contributed by atoms with E-state index in [1.165, 1.54) is 24.6 Å². The summed E-state index contributed by atoms with van der Waals surface area (Å²) in [6.07, 6.45) is 5.56. The van der Waals surface area contributed by atoms with Crippen molar-refractivity contribution in [2.24, 2.45) is 0 Å². The largest absolute Gasteiger partial charge is 0.478 e. The van der Waals surface area contributed by atoms with Crippen LogP contribution in [-0.2, 0) is 16.1 Å². The molecule has 1 unspecified atom stereocenters. The fraction of sp³-hybridized carbons (Fsp3) is 0.423. The normalized spacial score (nSPS) is 11.6. The molecular formula is C26H31NO9. The first-order valence-corrected chi connectivity index (χ1v) is 11.9. The van der Waals surface area contributed by atoms with Crippen LogP contribution in [-0.4, -0.2) is 39.1 Å². The van der Waals surface area contributed by atoms with Crippen molar-refractivity contribution < 1.29 is 39.0 Å². The topological polar surface area (TPSA) is 153 Å². The number of nitrogens with zero attached hydrogens (tertiary/aromatic N) is 1. The van der Waals surface area contributed by atoms with Crippen molar-refractivity contribution in [3.63, 3.8) is 0 Å². The first kappa shape index (κ1) is 28.4. The molecule has 0 saturated heterocycles. The van der Waals surface area contributed by atoms with Gasteiger partial charge in [0.15, 0.2) is 0 Å². The van der Waals surface area contributed by atoms with E-state index in [0.717, 1.165) is 50.3 Å². The highest BCUT2D eigenvalue weighted by atomic mass is 16.7. The number of carbonyl (C=O) groups excluding carboxylic acids is 1. The van der Waals surface area contributed by atoms with Gasteiger partial charge in [-0.1, -0.05) is 57.6 Å². The van der Waals surface area contributed by atoms with Gasteiger partial charge in [-0.15, -0.1) is 0 Å². The lowest BCUT2D eigenvalue weighted by Crippen LogP contribution is -2.30. The summed E-state index contributed by atoms with van der Waals surface area (Å²) in [6.45, 7) is 1.82. The Morgan fingerprint density at radius 2 is 1.50 bits per heavy atom. The Morgan fingerprint density at radius 1 is 0.917 bits per heavy atom. The van der Waals surface area contributed by atoms with Crippen LogP contribution in [0.4, 0.5) is 5.69 Å². The SMILES string of the molecule is CCCCCCCCCC(=O)C(OCc1ccccc1[N+](=O)[O-])Oc1cc(C(=O)O)cc(C(=O)O)c1. The molecule has 0 amide bonds. The molecule has 0 radical (unpaired) electrons. The highest BCUT2D eigenvalue weighted by Crippen LogP contribution is 2.23. The van der Waals surface area contributed by atoms with Crippen LogP contribution in [0.2, 0.25) is 0 Å². The number of hydrogen-bond acceptors (Lipinski definition) is 7. The monoisotopic (exact) mass is 501 g/mol. The van der Waals surface area contributed by atoms with Gasteiger partial charge in [-0.05, 0) is 30.7 Å². The summed E-state index contributed by atoms with van der Waals surface area (Å²) in [4.78, 5) is 46.5. The van der Waals surface area contributed by atoms with Crippen LogP contribution in [0.1, 0.15) is 84.6 Å². The van der Waals surface area contributed by atoms with E-state index < -0.39 is 28.9 Å². The van der Waals surface area contributed by atoms with Gasteiger partial charge >= 0.3 is 11.9 Å². The first-order valence-electron chi connectivity index (χ1n) is 11.9. The number of nitro groups is 1. The quantitative estimate of drug-likeness (QED) is 0.122. The standard InChI is InChI=1S/C26H31NO9/c1-2-3-4-5-6-7-8-13-23(28)26(35-17-18-11-9-10-12-22(18)27(33)34)36-21-15-19(24(29)30)14-20(16-21)25(31)32/h9-12,14-16,26H,2-8,13,17H2,1H3,(H,29,30)(H,31,32). The molecule has 0 aliphatic carbocycles. The Bertz CT molecular complexity index is 1030. The van der Waals surface area contributed by atoms with E-state index in [4.69, 9.17) is 9.47 Å². The molecule has 0 saturated carbocycles. The van der Waals surface area contributed by atoms with Gasteiger partial charge in [0.05, 0.1) is 28.2 Å². The minimum Gasteiger partial charge on any atom is -0.478 e. The highest BCUT2D eigenvalue weighted by Gasteiger charge is 2.24. The molecule has 10 heteroatoms. The Hall–Kier alpha value is -3.79. The third-order valence-corrected chi connectivity index (χ3v) is 5.51. The molecule has 2 N–H and O–H groups in total. The number of unbranched alkanes of at least 4 members (excludes halogenated alkanes) is 6. The molecular weight excluding hydrogens is 470 g/mol. The van der Waals surface area contributed by atoms with Crippen molar-refractivity contribution in [2.45, 2.75) is 71.2 Å². The van der Waals surface area contributed by atoms with Crippen molar-refractivity contribution in [1.29, 1.82) is 0 Å². The number of Topliss-reactive ketones (excluding diaryl/α,β-unsaturated/α-hetero) is 1. The smallest absolute Gasteiger partial charge is 0.335 e. The number of ether oxygens (including phenoxy) is 2. The van der Waals surface area contributed by atoms with Gasteiger partial charge in [0.2, 0.25) is 5.78 Å². The molecule has 2 aromatic rings. The molecule has 194 valence electrons. The highest BCUT2D eigenvalue weighted by molar-refractivity contribution is 5.94. The fourth-order valence-electron chi connectivity index (χ4n) is 3.58. The van der Waals surface area contributed by atoms with Crippen LogP contribution >= 0.6 is 0 Å². The molecule has 0 bridgehead atoms. The molecule has 2 aromatic carbocycles. The predicted molar refractivity (Wildman–Crippen MR) is 130 cm³/mol. The van der Waals surface area contributed by atoms with Gasteiger partial charge in [0, 0.05) is 12.5 Å². The average Bonchev–Trinajstić information content (AvgIpc) is 2.85. The van der Waals surface area contributed by atoms with Gasteiger partial charge in [0.1, 0.15) is 5.75 Å². The molecule has 0 aromatic heterocycles. The molecule has 1 atom stereocenters. The Labute approximate surface area is 209 Å². The van der Waals surface area contributed by atoms with Gasteiger partial charge in [-0.2, -0.15) is 0 Å². The van der Waals surface area contributed by atoms with Crippen molar-refractivity contribution in [2.75, 3.05) is 0 Å². The zero-order valence-electron chi connectivity index (χ0n) is 20.2. The molecule has 0 aliphatic heterocycles. The van der Waals surface area contributed by atoms with Crippen LogP contribution in [0.5, 0.6) is 5.75 Å². The molecule has 10 nitrogen and oxygen atoms in total. The summed E-state index contributed by atoms with van der Waals surface area (Å²) in [5, 5.41) is 29.9. The van der Waals surface area contributed by atoms with E-state index in [2.05, 4.69) is 6.92 Å². The molecule has 2 rings (SSSR count). The molecule has 36 heavy (non-hydrogen) atoms. The second kappa shape index (κ2) is 14.6. The van der Waals surface area contributed by atoms with Gasteiger partial charge in [0.25, 0.3) is 12.0 Å². The second-order valence-electron chi connectivity index (χ2n) is 8.34. The molecule has 0 heterocycles. The fourth-order valence-corrected chi connectivity index (χ4v) is 3.58. The van der Waals surface area contributed by atoms with E-state index in [1.54, 1.807) is 6.07 Å². The molecule has 0 aliphatic rings. The summed E-state index contributed by atoms with van der Waals surface area (Å²) in [5.74, 6) is -3.34. The first-order chi connectivity index (χ1) is 17.2. The van der Waals surface area contributed by atoms with E-state index in [0.29, 0.717) is 6.42 Å². The summed E-state index contributed by atoms with van der Waals surface area (Å²) < 4.78 is 11.2. The number of aromatic carboxylic acids is 2. The number of ketones is 1. The summed E-state index contributed by atoms with van der Waals surface area (Å²) in [5.41, 5.74) is -0.620. The number of carboxylic acid groups (broad SMARTS) is 2. The summed E-state index contributed by atoms with van der Waals surface area (Å²) >= 11 is 0. The summed E-state index contributed by atoms with van der Waals surface area (Å²) in [6, 6.07) is 9.06. The Balaban J connectivity index is 2.18.